The molecular weight excluding hydrogens is 468 g/mol. The van der Waals surface area contributed by atoms with Crippen molar-refractivity contribution in [1.82, 2.24) is 14.0 Å². The van der Waals surface area contributed by atoms with Gasteiger partial charge in [0.05, 0.1) is 18.9 Å². The summed E-state index contributed by atoms with van der Waals surface area (Å²) in [6.45, 7) is 3.96. The zero-order chi connectivity index (χ0) is 25.8. The standard InChI is InChI=1S/C29H32N4O4/c1-3-4-5-16-32-25(22-10-12-23(13-11-22)31-17-6-7-27(31)34)19-33-28(35)18-26(30-29(32)33)37-20-21-8-14-24(36-2)15-9-21/h8-15,18-19H,3-7,16-17,20H2,1-2H3. The number of carbonyl (C=O) groups excluding carboxylic acids is 1. The van der Waals surface area contributed by atoms with Gasteiger partial charge in [-0.05, 0) is 48.2 Å². The van der Waals surface area contributed by atoms with E-state index in [-0.39, 0.29) is 11.5 Å². The van der Waals surface area contributed by atoms with Gasteiger partial charge in [0.1, 0.15) is 12.4 Å². The molecule has 1 saturated heterocycles. The molecule has 2 aromatic carbocycles. The molecule has 192 valence electrons. The molecular formula is C29H32N4O4. The third-order valence-corrected chi connectivity index (χ3v) is 6.77. The van der Waals surface area contributed by atoms with Crippen LogP contribution in [-0.4, -0.2) is 33.5 Å². The van der Waals surface area contributed by atoms with E-state index in [0.717, 1.165) is 67.0 Å². The third-order valence-electron chi connectivity index (χ3n) is 6.77. The number of benzene rings is 2. The Morgan fingerprint density at radius 1 is 1.00 bits per heavy atom. The molecule has 4 aromatic rings. The van der Waals surface area contributed by atoms with Crippen LogP contribution >= 0.6 is 0 Å². The highest BCUT2D eigenvalue weighted by Gasteiger charge is 2.22. The number of aromatic nitrogens is 3. The minimum atomic E-state index is -0.190. The van der Waals surface area contributed by atoms with E-state index in [1.165, 1.54) is 6.07 Å². The molecule has 1 amide bonds. The van der Waals surface area contributed by atoms with Crippen LogP contribution in [0, 0.1) is 0 Å². The van der Waals surface area contributed by atoms with Crippen LogP contribution < -0.4 is 19.9 Å². The van der Waals surface area contributed by atoms with Crippen LogP contribution in [0.2, 0.25) is 0 Å². The molecule has 0 saturated carbocycles. The number of fused-ring (bicyclic) bond motifs is 1. The molecule has 0 atom stereocenters. The SMILES string of the molecule is CCCCCn1c(-c2ccc(N3CCCC3=O)cc2)cn2c(=O)cc(OCc3ccc(OC)cc3)nc12. The molecule has 1 aliphatic rings. The first-order chi connectivity index (χ1) is 18.1. The third kappa shape index (κ3) is 5.23. The Bertz CT molecular complexity index is 1440. The van der Waals surface area contributed by atoms with Crippen molar-refractivity contribution in [3.05, 3.63) is 76.7 Å². The molecule has 0 unspecified atom stereocenters. The first-order valence-corrected chi connectivity index (χ1v) is 12.9. The zero-order valence-corrected chi connectivity index (χ0v) is 21.4. The van der Waals surface area contributed by atoms with Crippen molar-refractivity contribution >= 4 is 17.4 Å². The van der Waals surface area contributed by atoms with Crippen LogP contribution in [-0.2, 0) is 17.9 Å². The Labute approximate surface area is 216 Å². The fourth-order valence-corrected chi connectivity index (χ4v) is 4.73. The largest absolute Gasteiger partial charge is 0.497 e. The van der Waals surface area contributed by atoms with Gasteiger partial charge < -0.3 is 18.9 Å². The summed E-state index contributed by atoms with van der Waals surface area (Å²) in [7, 11) is 1.63. The number of methoxy groups -OCH3 is 1. The van der Waals surface area contributed by atoms with Crippen molar-refractivity contribution in [2.45, 2.75) is 52.2 Å². The van der Waals surface area contributed by atoms with E-state index in [2.05, 4.69) is 11.5 Å². The first-order valence-electron chi connectivity index (χ1n) is 12.9. The fourth-order valence-electron chi connectivity index (χ4n) is 4.73. The molecule has 1 fully saturated rings. The van der Waals surface area contributed by atoms with E-state index < -0.39 is 0 Å². The number of nitrogens with zero attached hydrogens (tertiary/aromatic N) is 4. The minimum Gasteiger partial charge on any atom is -0.497 e. The highest BCUT2D eigenvalue weighted by molar-refractivity contribution is 5.95. The second-order valence-corrected chi connectivity index (χ2v) is 9.31. The minimum absolute atomic E-state index is 0.166. The van der Waals surface area contributed by atoms with Gasteiger partial charge in [-0.15, -0.1) is 0 Å². The molecule has 0 spiro atoms. The lowest BCUT2D eigenvalue weighted by Crippen LogP contribution is -2.23. The van der Waals surface area contributed by atoms with E-state index in [1.807, 2.05) is 59.6 Å². The van der Waals surface area contributed by atoms with Gasteiger partial charge in [0, 0.05) is 31.4 Å². The highest BCUT2D eigenvalue weighted by Crippen LogP contribution is 2.28. The number of amides is 1. The number of anilines is 1. The maximum atomic E-state index is 13.1. The second-order valence-electron chi connectivity index (χ2n) is 9.31. The molecule has 8 nitrogen and oxygen atoms in total. The number of hydrogen-bond donors (Lipinski definition) is 0. The van der Waals surface area contributed by atoms with Crippen molar-refractivity contribution in [2.75, 3.05) is 18.6 Å². The van der Waals surface area contributed by atoms with Gasteiger partial charge in [-0.1, -0.05) is 44.0 Å². The van der Waals surface area contributed by atoms with Crippen molar-refractivity contribution in [3.8, 4) is 22.9 Å². The maximum absolute atomic E-state index is 13.1. The summed E-state index contributed by atoms with van der Waals surface area (Å²) in [5.74, 6) is 1.80. The molecule has 0 bridgehead atoms. The Hall–Kier alpha value is -4.07. The van der Waals surface area contributed by atoms with E-state index in [1.54, 1.807) is 11.5 Å². The maximum Gasteiger partial charge on any atom is 0.262 e. The van der Waals surface area contributed by atoms with Crippen LogP contribution in [0.4, 0.5) is 5.69 Å². The lowest BCUT2D eigenvalue weighted by atomic mass is 10.1. The number of hydrogen-bond acceptors (Lipinski definition) is 5. The summed E-state index contributed by atoms with van der Waals surface area (Å²) in [5.41, 5.74) is 3.55. The highest BCUT2D eigenvalue weighted by atomic mass is 16.5. The summed E-state index contributed by atoms with van der Waals surface area (Å²) in [6, 6.07) is 17.0. The molecule has 5 rings (SSSR count). The van der Waals surface area contributed by atoms with Gasteiger partial charge in [-0.2, -0.15) is 4.98 Å². The van der Waals surface area contributed by atoms with Crippen molar-refractivity contribution in [2.24, 2.45) is 0 Å². The van der Waals surface area contributed by atoms with Crippen molar-refractivity contribution in [1.29, 1.82) is 0 Å². The Morgan fingerprint density at radius 2 is 1.78 bits per heavy atom. The summed E-state index contributed by atoms with van der Waals surface area (Å²) in [6.07, 6.45) is 6.49. The van der Waals surface area contributed by atoms with Crippen LogP contribution in [0.1, 0.15) is 44.6 Å². The molecule has 0 radical (unpaired) electrons. The number of unbranched alkanes of at least 4 members (excludes halogenated alkanes) is 2. The molecule has 0 aliphatic carbocycles. The molecule has 0 N–H and O–H groups in total. The van der Waals surface area contributed by atoms with E-state index in [0.29, 0.717) is 24.7 Å². The number of imidazole rings is 1. The van der Waals surface area contributed by atoms with E-state index in [9.17, 15) is 9.59 Å². The van der Waals surface area contributed by atoms with Crippen LogP contribution in [0.15, 0.2) is 65.6 Å². The molecule has 8 heteroatoms. The Kier molecular flexibility index (Phi) is 7.25. The Morgan fingerprint density at radius 3 is 2.46 bits per heavy atom. The molecule has 3 heterocycles. The normalized spacial score (nSPS) is 13.5. The predicted molar refractivity (Wildman–Crippen MR) is 143 cm³/mol. The average molecular weight is 501 g/mol. The predicted octanol–water partition coefficient (Wildman–Crippen LogP) is 5.07. The average Bonchev–Trinajstić information content (AvgIpc) is 3.52. The summed E-state index contributed by atoms with van der Waals surface area (Å²) >= 11 is 0. The Balaban J connectivity index is 1.46. The van der Waals surface area contributed by atoms with Gasteiger partial charge in [-0.25, -0.2) is 0 Å². The van der Waals surface area contributed by atoms with Gasteiger partial charge in [-0.3, -0.25) is 14.0 Å². The van der Waals surface area contributed by atoms with Gasteiger partial charge >= 0.3 is 0 Å². The zero-order valence-electron chi connectivity index (χ0n) is 21.4. The summed E-state index contributed by atoms with van der Waals surface area (Å²) < 4.78 is 14.8. The number of rotatable bonds is 10. The summed E-state index contributed by atoms with van der Waals surface area (Å²) in [5, 5.41) is 0. The number of aryl methyl sites for hydroxylation is 1. The van der Waals surface area contributed by atoms with Gasteiger partial charge in [0.2, 0.25) is 17.6 Å². The first kappa shape index (κ1) is 24.6. The van der Waals surface area contributed by atoms with Crippen LogP contribution in [0.3, 0.4) is 0 Å². The summed E-state index contributed by atoms with van der Waals surface area (Å²) in [4.78, 5) is 31.8. The van der Waals surface area contributed by atoms with Crippen molar-refractivity contribution in [3.63, 3.8) is 0 Å². The van der Waals surface area contributed by atoms with Crippen molar-refractivity contribution < 1.29 is 14.3 Å². The van der Waals surface area contributed by atoms with E-state index in [4.69, 9.17) is 14.5 Å². The molecule has 2 aromatic heterocycles. The fraction of sp³-hybridized carbons (Fsp3) is 0.345. The van der Waals surface area contributed by atoms with Gasteiger partial charge in [0.25, 0.3) is 5.56 Å². The second kappa shape index (κ2) is 10.9. The van der Waals surface area contributed by atoms with Crippen LogP contribution in [0.5, 0.6) is 11.6 Å². The van der Waals surface area contributed by atoms with Gasteiger partial charge in [0.15, 0.2) is 0 Å². The lowest BCUT2D eigenvalue weighted by Gasteiger charge is -2.16. The topological polar surface area (TPSA) is 78.1 Å². The monoisotopic (exact) mass is 500 g/mol. The van der Waals surface area contributed by atoms with Crippen LogP contribution in [0.25, 0.3) is 17.0 Å². The molecule has 37 heavy (non-hydrogen) atoms. The van der Waals surface area contributed by atoms with E-state index >= 15 is 0 Å². The molecule has 1 aliphatic heterocycles. The quantitative estimate of drug-likeness (QED) is 0.284. The smallest absolute Gasteiger partial charge is 0.262 e. The lowest BCUT2D eigenvalue weighted by molar-refractivity contribution is -0.117. The number of carbonyl (C=O) groups is 1. The number of ether oxygens (including phenoxy) is 2.